The van der Waals surface area contributed by atoms with Crippen molar-refractivity contribution in [3.05, 3.63) is 89.7 Å². The van der Waals surface area contributed by atoms with Gasteiger partial charge in [0.25, 0.3) is 0 Å². The quantitative estimate of drug-likeness (QED) is 0.202. The Balaban J connectivity index is 0.000000230. The summed E-state index contributed by atoms with van der Waals surface area (Å²) in [5.41, 5.74) is 5.76. The van der Waals surface area contributed by atoms with Crippen LogP contribution in [-0.4, -0.2) is 57.5 Å². The third-order valence-corrected chi connectivity index (χ3v) is 7.95. The van der Waals surface area contributed by atoms with Gasteiger partial charge in [0, 0.05) is 18.7 Å². The number of aliphatic imine (C=N–C) groups is 1. The van der Waals surface area contributed by atoms with Gasteiger partial charge in [0.05, 0.1) is 17.1 Å². The van der Waals surface area contributed by atoms with E-state index in [-0.39, 0.29) is 17.7 Å². The van der Waals surface area contributed by atoms with Crippen molar-refractivity contribution in [1.82, 2.24) is 20.1 Å². The molecule has 0 radical (unpaired) electrons. The molecular formula is C33H35F3N6O3S. The number of halogens is 3. The number of alkyl halides is 3. The smallest absolute Gasteiger partial charge is 0.406 e. The number of ether oxygens (including phenoxy) is 1. The highest BCUT2D eigenvalue weighted by Gasteiger charge is 2.32. The third kappa shape index (κ3) is 8.96. The normalized spacial score (nSPS) is 14.7. The molecule has 1 fully saturated rings. The maximum atomic E-state index is 12.2. The van der Waals surface area contributed by atoms with Gasteiger partial charge in [0.15, 0.2) is 11.0 Å². The molecule has 4 aromatic rings. The molecule has 5 rings (SSSR count). The molecule has 1 atom stereocenters. The first kappa shape index (κ1) is 34.2. The van der Waals surface area contributed by atoms with Gasteiger partial charge in [-0.15, -0.1) is 18.3 Å². The molecule has 0 spiro atoms. The molecule has 46 heavy (non-hydrogen) atoms. The Morgan fingerprint density at radius 1 is 1.07 bits per heavy atom. The van der Waals surface area contributed by atoms with Crippen molar-refractivity contribution in [3.63, 3.8) is 0 Å². The average Bonchev–Trinajstić information content (AvgIpc) is 3.64. The summed E-state index contributed by atoms with van der Waals surface area (Å²) in [4.78, 5) is 32.7. The van der Waals surface area contributed by atoms with E-state index in [2.05, 4.69) is 57.2 Å². The van der Waals surface area contributed by atoms with Gasteiger partial charge in [0.1, 0.15) is 12.1 Å². The van der Waals surface area contributed by atoms with Crippen LogP contribution in [0, 0.1) is 6.92 Å². The van der Waals surface area contributed by atoms with Crippen LogP contribution in [0.25, 0.3) is 17.1 Å². The number of carbonyl (C=O) groups is 2. The molecule has 3 aromatic carbocycles. The van der Waals surface area contributed by atoms with Crippen molar-refractivity contribution in [3.8, 4) is 22.8 Å². The Labute approximate surface area is 269 Å². The zero-order valence-electron chi connectivity index (χ0n) is 26.1. The van der Waals surface area contributed by atoms with Crippen LogP contribution >= 0.6 is 11.8 Å². The van der Waals surface area contributed by atoms with Gasteiger partial charge in [-0.05, 0) is 73.2 Å². The van der Waals surface area contributed by atoms with Crippen molar-refractivity contribution in [2.45, 2.75) is 52.4 Å². The van der Waals surface area contributed by atoms with Crippen molar-refractivity contribution in [1.29, 1.82) is 0 Å². The number of nitrogens with zero attached hydrogens (tertiary/aromatic N) is 5. The Kier molecular flexibility index (Phi) is 11.2. The minimum Gasteiger partial charge on any atom is -0.406 e. The lowest BCUT2D eigenvalue weighted by Crippen LogP contribution is -2.30. The first-order valence-corrected chi connectivity index (χ1v) is 15.5. The number of rotatable bonds is 9. The number of aromatic nitrogens is 3. The van der Waals surface area contributed by atoms with E-state index >= 15 is 0 Å². The van der Waals surface area contributed by atoms with Crippen LogP contribution in [0.1, 0.15) is 43.4 Å². The standard InChI is InChI=1S/C19H17F3N4O2.C14H18N2OS/c1-13(24-12-27)10-14-2-4-15(5-3-14)18-23-11-26(25-18)16-6-8-17(9-7-16)28-19(20,21)22;1-9(2)11-6-5-10(3)7-12(11)16-13(17)8-18-14(16)15-4/h2-9,11-13H,10H2,1H3,(H,24,27);5-7,9H,8H2,1-4H3. The lowest BCUT2D eigenvalue weighted by Gasteiger charge is -2.22. The molecule has 1 aliphatic rings. The van der Waals surface area contributed by atoms with Crippen LogP contribution in [-0.2, 0) is 16.0 Å². The number of hydrogen-bond acceptors (Lipinski definition) is 7. The molecule has 9 nitrogen and oxygen atoms in total. The summed E-state index contributed by atoms with van der Waals surface area (Å²) in [6.45, 7) is 8.25. The molecule has 1 N–H and O–H groups in total. The average molecular weight is 653 g/mol. The van der Waals surface area contributed by atoms with Gasteiger partial charge >= 0.3 is 6.36 Å². The molecule has 1 aliphatic heterocycles. The molecule has 13 heteroatoms. The monoisotopic (exact) mass is 652 g/mol. The highest BCUT2D eigenvalue weighted by atomic mass is 32.2. The number of amides is 2. The second kappa shape index (κ2) is 15.1. The molecule has 0 bridgehead atoms. The summed E-state index contributed by atoms with van der Waals surface area (Å²) in [6.07, 6.45) is -1.86. The number of benzene rings is 3. The Bertz CT molecular complexity index is 1670. The van der Waals surface area contributed by atoms with Crippen LogP contribution in [0.3, 0.4) is 0 Å². The van der Waals surface area contributed by atoms with E-state index in [1.165, 1.54) is 52.6 Å². The number of amidine groups is 1. The fourth-order valence-corrected chi connectivity index (χ4v) is 5.58. The van der Waals surface area contributed by atoms with Gasteiger partial charge < -0.3 is 10.1 Å². The second-order valence-corrected chi connectivity index (χ2v) is 11.8. The predicted octanol–water partition coefficient (Wildman–Crippen LogP) is 6.69. The van der Waals surface area contributed by atoms with E-state index in [4.69, 9.17) is 0 Å². The first-order valence-electron chi connectivity index (χ1n) is 14.5. The molecular weight excluding hydrogens is 617 g/mol. The summed E-state index contributed by atoms with van der Waals surface area (Å²) >= 11 is 1.51. The van der Waals surface area contributed by atoms with Crippen molar-refractivity contribution in [2.75, 3.05) is 17.7 Å². The minimum absolute atomic E-state index is 0.0324. The Hall–Kier alpha value is -4.65. The largest absolute Gasteiger partial charge is 0.573 e. The van der Waals surface area contributed by atoms with E-state index in [1.54, 1.807) is 11.9 Å². The maximum Gasteiger partial charge on any atom is 0.573 e. The van der Waals surface area contributed by atoms with Crippen LogP contribution < -0.4 is 15.0 Å². The van der Waals surface area contributed by atoms with Gasteiger partial charge in [-0.3, -0.25) is 19.5 Å². The molecule has 1 unspecified atom stereocenters. The zero-order chi connectivity index (χ0) is 33.4. The Morgan fingerprint density at radius 3 is 2.37 bits per heavy atom. The lowest BCUT2D eigenvalue weighted by molar-refractivity contribution is -0.274. The molecule has 1 aromatic heterocycles. The number of anilines is 1. The summed E-state index contributed by atoms with van der Waals surface area (Å²) < 4.78 is 42.0. The number of aryl methyl sites for hydroxylation is 1. The molecule has 242 valence electrons. The Morgan fingerprint density at radius 2 is 1.76 bits per heavy atom. The second-order valence-electron chi connectivity index (χ2n) is 10.9. The zero-order valence-corrected chi connectivity index (χ0v) is 26.9. The first-order chi connectivity index (χ1) is 21.9. The van der Waals surface area contributed by atoms with Crippen LogP contribution in [0.2, 0.25) is 0 Å². The summed E-state index contributed by atoms with van der Waals surface area (Å²) in [7, 11) is 1.73. The van der Waals surface area contributed by atoms with Crippen molar-refractivity contribution >= 4 is 34.9 Å². The van der Waals surface area contributed by atoms with E-state index in [1.807, 2.05) is 38.1 Å². The molecule has 0 saturated carbocycles. The van der Waals surface area contributed by atoms with Crippen molar-refractivity contribution < 1.29 is 27.5 Å². The fraction of sp³-hybridized carbons (Fsp3) is 0.303. The third-order valence-electron chi connectivity index (χ3n) is 6.94. The molecule has 2 amide bonds. The van der Waals surface area contributed by atoms with Gasteiger partial charge in [-0.25, -0.2) is 9.67 Å². The maximum absolute atomic E-state index is 12.2. The number of nitrogens with one attached hydrogen (secondary N) is 1. The number of carbonyl (C=O) groups excluding carboxylic acids is 2. The van der Waals surface area contributed by atoms with Crippen molar-refractivity contribution in [2.24, 2.45) is 4.99 Å². The molecule has 1 saturated heterocycles. The van der Waals surface area contributed by atoms with Gasteiger partial charge in [0.2, 0.25) is 12.3 Å². The topological polar surface area (TPSA) is 102 Å². The predicted molar refractivity (Wildman–Crippen MR) is 174 cm³/mol. The lowest BCUT2D eigenvalue weighted by atomic mass is 9.99. The number of thioether (sulfide) groups is 1. The van der Waals surface area contributed by atoms with Gasteiger partial charge in [-0.2, -0.15) is 0 Å². The fourth-order valence-electron chi connectivity index (χ4n) is 4.74. The van der Waals surface area contributed by atoms with Crippen LogP contribution in [0.4, 0.5) is 18.9 Å². The highest BCUT2D eigenvalue weighted by Crippen LogP contribution is 2.34. The number of hydrogen-bond donors (Lipinski definition) is 1. The van der Waals surface area contributed by atoms with Gasteiger partial charge in [-0.1, -0.05) is 62.0 Å². The molecule has 2 heterocycles. The van der Waals surface area contributed by atoms with Crippen LogP contribution in [0.5, 0.6) is 5.75 Å². The van der Waals surface area contributed by atoms with E-state index < -0.39 is 6.36 Å². The van der Waals surface area contributed by atoms with Crippen LogP contribution in [0.15, 0.2) is 78.0 Å². The SMILES string of the molecule is CC(Cc1ccc(-c2ncn(-c3ccc(OC(F)(F)F)cc3)n2)cc1)NC=O.CN=C1SCC(=O)N1c1cc(C)ccc1C(C)C. The van der Waals surface area contributed by atoms with E-state index in [0.717, 1.165) is 27.5 Å². The minimum atomic E-state index is -4.73. The highest BCUT2D eigenvalue weighted by molar-refractivity contribution is 8.15. The molecule has 0 aliphatic carbocycles. The van der Waals surface area contributed by atoms with E-state index in [0.29, 0.717) is 36.0 Å². The summed E-state index contributed by atoms with van der Waals surface area (Å²) in [5, 5.41) is 7.86. The summed E-state index contributed by atoms with van der Waals surface area (Å²) in [6, 6.07) is 19.3. The summed E-state index contributed by atoms with van der Waals surface area (Å²) in [5.74, 6) is 1.18. The van der Waals surface area contributed by atoms with E-state index in [9.17, 15) is 22.8 Å².